The smallest absolute Gasteiger partial charge is 0.0104 e. The molecule has 0 fully saturated rings. The number of rotatable bonds is 8. The Bertz CT molecular complexity index is 257. The molecule has 0 saturated carbocycles. The van der Waals surface area contributed by atoms with Crippen LogP contribution in [0.2, 0.25) is 0 Å². The summed E-state index contributed by atoms with van der Waals surface area (Å²) in [4.78, 5) is 2.39. The molecule has 0 radical (unpaired) electrons. The third-order valence-electron chi connectivity index (χ3n) is 2.59. The summed E-state index contributed by atoms with van der Waals surface area (Å²) < 4.78 is 0. The van der Waals surface area contributed by atoms with Gasteiger partial charge in [-0.3, -0.25) is 0 Å². The predicted molar refractivity (Wildman–Crippen MR) is 73.2 cm³/mol. The number of nitrogens with zero attached hydrogens (tertiary/aromatic N) is 1. The van der Waals surface area contributed by atoms with Crippen molar-refractivity contribution in [1.29, 1.82) is 0 Å². The van der Waals surface area contributed by atoms with Gasteiger partial charge in [-0.25, -0.2) is 0 Å². The fourth-order valence-electron chi connectivity index (χ4n) is 1.53. The molecule has 1 N–H and O–H groups in total. The van der Waals surface area contributed by atoms with E-state index in [1.807, 2.05) is 0 Å². The summed E-state index contributed by atoms with van der Waals surface area (Å²) >= 11 is 1.79. The van der Waals surface area contributed by atoms with Crippen molar-refractivity contribution in [2.75, 3.05) is 33.2 Å². The first-order valence-corrected chi connectivity index (χ1v) is 7.03. The average Bonchev–Trinajstić information content (AvgIpc) is 2.74. The summed E-state index contributed by atoms with van der Waals surface area (Å²) in [5.74, 6) is 0.746. The predicted octanol–water partition coefficient (Wildman–Crippen LogP) is 2.47. The molecule has 16 heavy (non-hydrogen) atoms. The van der Waals surface area contributed by atoms with Crippen molar-refractivity contribution in [3.63, 3.8) is 0 Å². The fourth-order valence-corrected chi connectivity index (χ4v) is 2.23. The largest absolute Gasteiger partial charge is 0.315 e. The Kier molecular flexibility index (Phi) is 6.69. The minimum absolute atomic E-state index is 0.746. The van der Waals surface area contributed by atoms with Crippen molar-refractivity contribution in [3.05, 3.63) is 22.4 Å². The first-order valence-electron chi connectivity index (χ1n) is 6.09. The van der Waals surface area contributed by atoms with E-state index >= 15 is 0 Å². The van der Waals surface area contributed by atoms with Gasteiger partial charge in [-0.1, -0.05) is 13.8 Å². The number of nitrogens with one attached hydrogen (secondary N) is 1. The summed E-state index contributed by atoms with van der Waals surface area (Å²) in [5, 5.41) is 7.86. The van der Waals surface area contributed by atoms with Crippen molar-refractivity contribution in [2.24, 2.45) is 5.92 Å². The molecule has 2 nitrogen and oxygen atoms in total. The molecule has 0 aromatic carbocycles. The average molecular weight is 240 g/mol. The van der Waals surface area contributed by atoms with Gasteiger partial charge >= 0.3 is 0 Å². The quantitative estimate of drug-likeness (QED) is 0.702. The molecule has 1 aromatic heterocycles. The van der Waals surface area contributed by atoms with Crippen LogP contribution >= 0.6 is 11.3 Å². The van der Waals surface area contributed by atoms with E-state index in [1.54, 1.807) is 11.3 Å². The van der Waals surface area contributed by atoms with Crippen LogP contribution in [-0.4, -0.2) is 38.1 Å². The second-order valence-corrected chi connectivity index (χ2v) is 5.56. The Morgan fingerprint density at radius 3 is 2.81 bits per heavy atom. The lowest BCUT2D eigenvalue weighted by molar-refractivity contribution is 0.332. The molecule has 0 saturated heterocycles. The fraction of sp³-hybridized carbons (Fsp3) is 0.692. The van der Waals surface area contributed by atoms with Crippen molar-refractivity contribution >= 4 is 11.3 Å². The number of hydrogen-bond acceptors (Lipinski definition) is 3. The topological polar surface area (TPSA) is 15.3 Å². The normalized spacial score (nSPS) is 11.6. The van der Waals surface area contributed by atoms with Crippen LogP contribution in [0, 0.1) is 5.92 Å². The zero-order valence-electron chi connectivity index (χ0n) is 10.7. The number of hydrogen-bond donors (Lipinski definition) is 1. The molecule has 0 unspecified atom stereocenters. The third kappa shape index (κ3) is 6.26. The van der Waals surface area contributed by atoms with Crippen LogP contribution in [0.15, 0.2) is 16.8 Å². The van der Waals surface area contributed by atoms with E-state index in [0.29, 0.717) is 0 Å². The van der Waals surface area contributed by atoms with Gasteiger partial charge in [0.15, 0.2) is 0 Å². The van der Waals surface area contributed by atoms with Gasteiger partial charge in [-0.2, -0.15) is 11.3 Å². The van der Waals surface area contributed by atoms with Gasteiger partial charge in [0.2, 0.25) is 0 Å². The second-order valence-electron chi connectivity index (χ2n) is 4.78. The summed E-state index contributed by atoms with van der Waals surface area (Å²) in [5.41, 5.74) is 1.46. The highest BCUT2D eigenvalue weighted by Crippen LogP contribution is 2.06. The van der Waals surface area contributed by atoms with Gasteiger partial charge in [-0.05, 0) is 48.3 Å². The number of likely N-dealkylation sites (N-methyl/N-ethyl adjacent to an activating group) is 1. The molecule has 0 bridgehead atoms. The van der Waals surface area contributed by atoms with E-state index < -0.39 is 0 Å². The van der Waals surface area contributed by atoms with Crippen LogP contribution in [-0.2, 0) is 6.42 Å². The van der Waals surface area contributed by atoms with Crippen molar-refractivity contribution in [2.45, 2.75) is 20.3 Å². The SMILES string of the molecule is CC(C)CNCCN(C)CCc1ccsc1. The Morgan fingerprint density at radius 2 is 2.19 bits per heavy atom. The van der Waals surface area contributed by atoms with Crippen LogP contribution in [0.1, 0.15) is 19.4 Å². The van der Waals surface area contributed by atoms with Gasteiger partial charge in [-0.15, -0.1) is 0 Å². The molecule has 0 spiro atoms. The first kappa shape index (κ1) is 13.7. The molecule has 3 heteroatoms. The molecule has 1 aromatic rings. The summed E-state index contributed by atoms with van der Waals surface area (Å²) in [6, 6.07) is 2.22. The maximum Gasteiger partial charge on any atom is 0.0104 e. The lowest BCUT2D eigenvalue weighted by Gasteiger charge is -2.17. The zero-order valence-corrected chi connectivity index (χ0v) is 11.5. The Labute approximate surface area is 104 Å². The Morgan fingerprint density at radius 1 is 1.38 bits per heavy atom. The van der Waals surface area contributed by atoms with E-state index in [1.165, 1.54) is 12.0 Å². The lowest BCUT2D eigenvalue weighted by atomic mass is 10.2. The van der Waals surface area contributed by atoms with E-state index in [4.69, 9.17) is 0 Å². The van der Waals surface area contributed by atoms with Gasteiger partial charge in [0, 0.05) is 19.6 Å². The van der Waals surface area contributed by atoms with Gasteiger partial charge in [0.05, 0.1) is 0 Å². The highest BCUT2D eigenvalue weighted by Gasteiger charge is 2.00. The minimum Gasteiger partial charge on any atom is -0.315 e. The van der Waals surface area contributed by atoms with Crippen LogP contribution in [0.5, 0.6) is 0 Å². The first-order chi connectivity index (χ1) is 7.68. The molecular formula is C13H24N2S. The highest BCUT2D eigenvalue weighted by molar-refractivity contribution is 7.07. The minimum atomic E-state index is 0.746. The van der Waals surface area contributed by atoms with E-state index in [-0.39, 0.29) is 0 Å². The summed E-state index contributed by atoms with van der Waals surface area (Å²) in [6.07, 6.45) is 1.17. The Balaban J connectivity index is 2.00. The van der Waals surface area contributed by atoms with Gasteiger partial charge in [0.25, 0.3) is 0 Å². The molecule has 0 aliphatic carbocycles. The van der Waals surface area contributed by atoms with E-state index in [9.17, 15) is 0 Å². The molecule has 0 amide bonds. The van der Waals surface area contributed by atoms with E-state index in [2.05, 4.69) is 47.9 Å². The van der Waals surface area contributed by atoms with Crippen LogP contribution < -0.4 is 5.32 Å². The van der Waals surface area contributed by atoms with Gasteiger partial charge in [0.1, 0.15) is 0 Å². The van der Waals surface area contributed by atoms with E-state index in [0.717, 1.165) is 32.1 Å². The van der Waals surface area contributed by atoms with Crippen LogP contribution in [0.25, 0.3) is 0 Å². The summed E-state index contributed by atoms with van der Waals surface area (Å²) in [7, 11) is 2.20. The lowest BCUT2D eigenvalue weighted by Crippen LogP contribution is -2.32. The van der Waals surface area contributed by atoms with Gasteiger partial charge < -0.3 is 10.2 Å². The highest BCUT2D eigenvalue weighted by atomic mass is 32.1. The molecule has 1 heterocycles. The van der Waals surface area contributed by atoms with Crippen LogP contribution in [0.4, 0.5) is 0 Å². The maximum absolute atomic E-state index is 3.47. The number of thiophene rings is 1. The second kappa shape index (κ2) is 7.82. The molecule has 0 aliphatic rings. The standard InChI is InChI=1S/C13H24N2S/c1-12(2)10-14-6-8-15(3)7-4-13-5-9-16-11-13/h5,9,11-12,14H,4,6-8,10H2,1-3H3. The molecule has 0 aliphatic heterocycles. The van der Waals surface area contributed by atoms with Crippen molar-refractivity contribution in [1.82, 2.24) is 10.2 Å². The third-order valence-corrected chi connectivity index (χ3v) is 3.32. The Hall–Kier alpha value is -0.380. The van der Waals surface area contributed by atoms with Crippen LogP contribution in [0.3, 0.4) is 0 Å². The monoisotopic (exact) mass is 240 g/mol. The molecule has 92 valence electrons. The molecule has 0 atom stereocenters. The van der Waals surface area contributed by atoms with Crippen molar-refractivity contribution < 1.29 is 0 Å². The van der Waals surface area contributed by atoms with Crippen molar-refractivity contribution in [3.8, 4) is 0 Å². The summed E-state index contributed by atoms with van der Waals surface area (Å²) in [6.45, 7) is 8.99. The molecule has 1 rings (SSSR count). The molecular weight excluding hydrogens is 216 g/mol. The zero-order chi connectivity index (χ0) is 11.8. The maximum atomic E-state index is 3.47.